The van der Waals surface area contributed by atoms with Crippen LogP contribution >= 0.6 is 23.1 Å². The lowest BCUT2D eigenvalue weighted by molar-refractivity contribution is -0.113. The van der Waals surface area contributed by atoms with Crippen molar-refractivity contribution in [1.29, 1.82) is 0 Å². The minimum atomic E-state index is -0.365. The maximum Gasteiger partial charge on any atom is 0.341 e. The molecular weight excluding hydrogens is 436 g/mol. The Balaban J connectivity index is 1.44. The van der Waals surface area contributed by atoms with Crippen molar-refractivity contribution in [2.75, 3.05) is 17.7 Å². The molecule has 3 aromatic rings. The van der Waals surface area contributed by atoms with Gasteiger partial charge in [0.2, 0.25) is 5.91 Å². The van der Waals surface area contributed by atoms with Gasteiger partial charge in [0.1, 0.15) is 17.1 Å². The van der Waals surface area contributed by atoms with E-state index >= 15 is 0 Å². The number of aromatic nitrogens is 3. The Hall–Kier alpha value is -2.59. The van der Waals surface area contributed by atoms with Gasteiger partial charge in [0.25, 0.3) is 0 Å². The highest BCUT2D eigenvalue weighted by molar-refractivity contribution is 7.99. The summed E-state index contributed by atoms with van der Waals surface area (Å²) in [4.78, 5) is 26.5. The number of anilines is 1. The molecule has 0 aromatic carbocycles. The standard InChI is InChI=1S/C21H24N4O4S2/c1-3-28-20(27)18-15-7-6-13(2)9-16(15)31-19(18)23-17(26)11-30-21-24-22-12-25(21)10-14-5-4-8-29-14/h4-5,8,12-13H,3,6-7,9-11H2,1-2H3,(H,23,26). The molecule has 1 amide bonds. The molecule has 0 fully saturated rings. The molecule has 164 valence electrons. The molecule has 1 N–H and O–H groups in total. The zero-order chi connectivity index (χ0) is 21.8. The van der Waals surface area contributed by atoms with E-state index in [9.17, 15) is 9.59 Å². The van der Waals surface area contributed by atoms with Crippen LogP contribution in [0.4, 0.5) is 5.00 Å². The second-order valence-corrected chi connectivity index (χ2v) is 9.48. The lowest BCUT2D eigenvalue weighted by atomic mass is 9.88. The van der Waals surface area contributed by atoms with Crippen molar-refractivity contribution >= 4 is 40.0 Å². The first-order valence-corrected chi connectivity index (χ1v) is 12.0. The van der Waals surface area contributed by atoms with Gasteiger partial charge in [-0.05, 0) is 49.8 Å². The molecular formula is C21H24N4O4S2. The number of amides is 1. The van der Waals surface area contributed by atoms with Gasteiger partial charge in [0.15, 0.2) is 5.16 Å². The van der Waals surface area contributed by atoms with E-state index in [1.807, 2.05) is 16.7 Å². The quantitative estimate of drug-likeness (QED) is 0.400. The predicted molar refractivity (Wildman–Crippen MR) is 119 cm³/mol. The molecule has 3 heterocycles. The number of carbonyl (C=O) groups excluding carboxylic acids is 2. The number of esters is 1. The SMILES string of the molecule is CCOC(=O)c1c(NC(=O)CSc2nncn2Cc2ccco2)sc2c1CCC(C)C2. The largest absolute Gasteiger partial charge is 0.467 e. The van der Waals surface area contributed by atoms with Crippen LogP contribution in [0.15, 0.2) is 34.3 Å². The lowest BCUT2D eigenvalue weighted by Crippen LogP contribution is -2.18. The van der Waals surface area contributed by atoms with E-state index in [0.717, 1.165) is 30.6 Å². The van der Waals surface area contributed by atoms with Gasteiger partial charge in [-0.15, -0.1) is 21.5 Å². The lowest BCUT2D eigenvalue weighted by Gasteiger charge is -2.18. The molecule has 1 aliphatic rings. The fourth-order valence-corrected chi connectivity index (χ4v) is 5.72. The van der Waals surface area contributed by atoms with Crippen LogP contribution in [0.5, 0.6) is 0 Å². The van der Waals surface area contributed by atoms with E-state index in [4.69, 9.17) is 9.15 Å². The Morgan fingerprint density at radius 1 is 1.45 bits per heavy atom. The number of hydrogen-bond acceptors (Lipinski definition) is 8. The Morgan fingerprint density at radius 2 is 2.32 bits per heavy atom. The minimum absolute atomic E-state index is 0.151. The average molecular weight is 461 g/mol. The van der Waals surface area contributed by atoms with Crippen LogP contribution in [0.1, 0.15) is 46.8 Å². The van der Waals surface area contributed by atoms with Crippen LogP contribution in [0.2, 0.25) is 0 Å². The Morgan fingerprint density at radius 3 is 3.10 bits per heavy atom. The van der Waals surface area contributed by atoms with Crippen LogP contribution in [0.25, 0.3) is 0 Å². The third-order valence-corrected chi connectivity index (χ3v) is 7.21. The van der Waals surface area contributed by atoms with Crippen molar-refractivity contribution in [3.05, 3.63) is 46.5 Å². The van der Waals surface area contributed by atoms with E-state index in [1.165, 1.54) is 28.0 Å². The van der Waals surface area contributed by atoms with E-state index in [2.05, 4.69) is 22.4 Å². The Labute approximate surface area is 188 Å². The summed E-state index contributed by atoms with van der Waals surface area (Å²) in [6.07, 6.45) is 6.01. The first-order valence-electron chi connectivity index (χ1n) is 10.2. The monoisotopic (exact) mass is 460 g/mol. The smallest absolute Gasteiger partial charge is 0.341 e. The molecule has 0 radical (unpaired) electrons. The zero-order valence-electron chi connectivity index (χ0n) is 17.4. The van der Waals surface area contributed by atoms with E-state index in [-0.39, 0.29) is 17.6 Å². The number of thioether (sulfide) groups is 1. The first kappa shape index (κ1) is 21.6. The molecule has 1 unspecified atom stereocenters. The zero-order valence-corrected chi connectivity index (χ0v) is 19.1. The van der Waals surface area contributed by atoms with E-state index in [0.29, 0.717) is 34.8 Å². The highest BCUT2D eigenvalue weighted by Crippen LogP contribution is 2.40. The molecule has 8 nitrogen and oxygen atoms in total. The topological polar surface area (TPSA) is 99.2 Å². The van der Waals surface area contributed by atoms with Crippen molar-refractivity contribution in [2.24, 2.45) is 5.92 Å². The number of hydrogen-bond donors (Lipinski definition) is 1. The summed E-state index contributed by atoms with van der Waals surface area (Å²) in [5.41, 5.74) is 1.55. The molecule has 4 rings (SSSR count). The molecule has 0 saturated carbocycles. The third-order valence-electron chi connectivity index (χ3n) is 5.06. The molecule has 31 heavy (non-hydrogen) atoms. The van der Waals surface area contributed by atoms with Crippen LogP contribution in [0.3, 0.4) is 0 Å². The number of thiophene rings is 1. The van der Waals surface area contributed by atoms with Crippen molar-refractivity contribution in [3.8, 4) is 0 Å². The van der Waals surface area contributed by atoms with Crippen molar-refractivity contribution in [2.45, 2.75) is 44.8 Å². The van der Waals surface area contributed by atoms with Crippen molar-refractivity contribution in [3.63, 3.8) is 0 Å². The van der Waals surface area contributed by atoms with Crippen molar-refractivity contribution in [1.82, 2.24) is 14.8 Å². The van der Waals surface area contributed by atoms with Gasteiger partial charge < -0.3 is 19.0 Å². The first-order chi connectivity index (χ1) is 15.0. The van der Waals surface area contributed by atoms with Gasteiger partial charge >= 0.3 is 5.97 Å². The average Bonchev–Trinajstić information content (AvgIpc) is 3.47. The fourth-order valence-electron chi connectivity index (χ4n) is 3.59. The summed E-state index contributed by atoms with van der Waals surface area (Å²) in [6.45, 7) is 4.79. The summed E-state index contributed by atoms with van der Waals surface area (Å²) < 4.78 is 12.5. The van der Waals surface area contributed by atoms with Gasteiger partial charge in [-0.25, -0.2) is 4.79 Å². The van der Waals surface area contributed by atoms with Gasteiger partial charge in [0.05, 0.1) is 30.7 Å². The van der Waals surface area contributed by atoms with Crippen LogP contribution < -0.4 is 5.32 Å². The third kappa shape index (κ3) is 5.01. The molecule has 1 aliphatic carbocycles. The number of nitrogens with zero attached hydrogens (tertiary/aromatic N) is 3. The highest BCUT2D eigenvalue weighted by Gasteiger charge is 2.29. The van der Waals surface area contributed by atoms with Crippen LogP contribution in [0, 0.1) is 5.92 Å². The molecule has 0 bridgehead atoms. The predicted octanol–water partition coefficient (Wildman–Crippen LogP) is 4.01. The number of rotatable bonds is 8. The maximum absolute atomic E-state index is 12.7. The number of ether oxygens (including phenoxy) is 1. The van der Waals surface area contributed by atoms with E-state index < -0.39 is 0 Å². The highest BCUT2D eigenvalue weighted by atomic mass is 32.2. The van der Waals surface area contributed by atoms with Crippen molar-refractivity contribution < 1.29 is 18.7 Å². The summed E-state index contributed by atoms with van der Waals surface area (Å²) in [5.74, 6) is 0.938. The molecule has 0 saturated heterocycles. The second kappa shape index (κ2) is 9.69. The van der Waals surface area contributed by atoms with Crippen LogP contribution in [-0.4, -0.2) is 39.0 Å². The molecule has 0 aliphatic heterocycles. The minimum Gasteiger partial charge on any atom is -0.467 e. The van der Waals surface area contributed by atoms with Gasteiger partial charge in [-0.3, -0.25) is 4.79 Å². The molecule has 1 atom stereocenters. The maximum atomic E-state index is 12.7. The number of fused-ring (bicyclic) bond motifs is 1. The molecule has 0 spiro atoms. The molecule has 10 heteroatoms. The summed E-state index contributed by atoms with van der Waals surface area (Å²) in [7, 11) is 0. The van der Waals surface area contributed by atoms with Crippen LogP contribution in [-0.2, 0) is 28.9 Å². The van der Waals surface area contributed by atoms with Gasteiger partial charge in [-0.2, -0.15) is 0 Å². The normalized spacial score (nSPS) is 15.5. The number of carbonyl (C=O) groups is 2. The Kier molecular flexibility index (Phi) is 6.77. The van der Waals surface area contributed by atoms with Gasteiger partial charge in [-0.1, -0.05) is 18.7 Å². The number of furan rings is 1. The summed E-state index contributed by atoms with van der Waals surface area (Å²) in [6, 6.07) is 3.69. The van der Waals surface area contributed by atoms with Gasteiger partial charge in [0, 0.05) is 4.88 Å². The number of nitrogens with one attached hydrogen (secondary N) is 1. The summed E-state index contributed by atoms with van der Waals surface area (Å²) >= 11 is 2.78. The summed E-state index contributed by atoms with van der Waals surface area (Å²) in [5, 5.41) is 12.2. The molecule has 3 aromatic heterocycles. The Bertz CT molecular complexity index is 1060. The second-order valence-electron chi connectivity index (χ2n) is 7.43. The fraction of sp³-hybridized carbons (Fsp3) is 0.429. The van der Waals surface area contributed by atoms with E-state index in [1.54, 1.807) is 19.5 Å².